The van der Waals surface area contributed by atoms with Gasteiger partial charge in [-0.15, -0.1) is 0 Å². The average Bonchev–Trinajstić information content (AvgIpc) is 3.09. The molecule has 0 unspecified atom stereocenters. The summed E-state index contributed by atoms with van der Waals surface area (Å²) in [5.74, 6) is -1.45. The smallest absolute Gasteiger partial charge is 0.407 e. The molecule has 2 aromatic rings. The molecule has 0 spiro atoms. The van der Waals surface area contributed by atoms with Crippen molar-refractivity contribution < 1.29 is 29.3 Å². The van der Waals surface area contributed by atoms with E-state index < -0.39 is 18.1 Å². The Balaban J connectivity index is 1.22. The monoisotopic (exact) mass is 452 g/mol. The summed E-state index contributed by atoms with van der Waals surface area (Å²) in [5, 5.41) is 23.2. The molecule has 8 nitrogen and oxygen atoms in total. The summed E-state index contributed by atoms with van der Waals surface area (Å²) < 4.78 is 5.55. The predicted octanol–water partition coefficient (Wildman–Crippen LogP) is 2.65. The zero-order valence-electron chi connectivity index (χ0n) is 18.2. The number of carbonyl (C=O) groups excluding carboxylic acids is 2. The van der Waals surface area contributed by atoms with Crippen LogP contribution in [-0.2, 0) is 14.3 Å². The fourth-order valence-electron chi connectivity index (χ4n) is 4.73. The van der Waals surface area contributed by atoms with E-state index in [4.69, 9.17) is 14.9 Å². The number of hydrogen-bond donors (Lipinski definition) is 4. The molecule has 174 valence electrons. The SMILES string of the molecule is O=C(CC1CC(NC(=O)OCC2c3ccccc3-c3ccccc32)C1)N[C@H](CCO)C(=O)O. The van der Waals surface area contributed by atoms with Gasteiger partial charge in [-0.3, -0.25) is 4.79 Å². The molecular weight excluding hydrogens is 424 g/mol. The van der Waals surface area contributed by atoms with Crippen LogP contribution in [0.3, 0.4) is 0 Å². The number of hydrogen-bond acceptors (Lipinski definition) is 5. The highest BCUT2D eigenvalue weighted by Crippen LogP contribution is 2.44. The number of ether oxygens (including phenoxy) is 1. The third-order valence-corrected chi connectivity index (χ3v) is 6.43. The molecule has 1 saturated carbocycles. The minimum Gasteiger partial charge on any atom is -0.480 e. The summed E-state index contributed by atoms with van der Waals surface area (Å²) >= 11 is 0. The van der Waals surface area contributed by atoms with Crippen molar-refractivity contribution in [3.8, 4) is 11.1 Å². The van der Waals surface area contributed by atoms with E-state index in [9.17, 15) is 14.4 Å². The number of aliphatic hydroxyl groups is 1. The molecule has 0 bridgehead atoms. The van der Waals surface area contributed by atoms with Crippen LogP contribution >= 0.6 is 0 Å². The minimum absolute atomic E-state index is 0.00193. The van der Waals surface area contributed by atoms with Crippen LogP contribution < -0.4 is 10.6 Å². The summed E-state index contributed by atoms with van der Waals surface area (Å²) in [5.41, 5.74) is 4.65. The fraction of sp³-hybridized carbons (Fsp3) is 0.400. The van der Waals surface area contributed by atoms with Crippen LogP contribution in [0.5, 0.6) is 0 Å². The topological polar surface area (TPSA) is 125 Å². The molecule has 1 atom stereocenters. The van der Waals surface area contributed by atoms with Crippen LogP contribution in [-0.4, -0.2) is 53.5 Å². The lowest BCUT2D eigenvalue weighted by molar-refractivity contribution is -0.142. The first kappa shape index (κ1) is 22.8. The molecule has 2 amide bonds. The Bertz CT molecular complexity index is 988. The molecule has 4 rings (SSSR count). The van der Waals surface area contributed by atoms with Crippen molar-refractivity contribution in [3.63, 3.8) is 0 Å². The van der Waals surface area contributed by atoms with Crippen LogP contribution in [0.2, 0.25) is 0 Å². The zero-order valence-corrected chi connectivity index (χ0v) is 18.2. The van der Waals surface area contributed by atoms with Gasteiger partial charge in [0.1, 0.15) is 12.6 Å². The van der Waals surface area contributed by atoms with Crippen molar-refractivity contribution in [1.29, 1.82) is 0 Å². The van der Waals surface area contributed by atoms with Gasteiger partial charge in [0.25, 0.3) is 0 Å². The maximum absolute atomic E-state index is 12.3. The van der Waals surface area contributed by atoms with Crippen molar-refractivity contribution >= 4 is 18.0 Å². The van der Waals surface area contributed by atoms with E-state index in [1.54, 1.807) is 0 Å². The molecule has 0 saturated heterocycles. The molecule has 1 fully saturated rings. The van der Waals surface area contributed by atoms with Gasteiger partial charge in [0, 0.05) is 31.4 Å². The van der Waals surface area contributed by atoms with Gasteiger partial charge in [0.15, 0.2) is 0 Å². The lowest BCUT2D eigenvalue weighted by Gasteiger charge is -2.35. The Morgan fingerprint density at radius 3 is 2.18 bits per heavy atom. The summed E-state index contributed by atoms with van der Waals surface area (Å²) in [6.07, 6.45) is 0.958. The summed E-state index contributed by atoms with van der Waals surface area (Å²) in [6.45, 7) is -0.0628. The van der Waals surface area contributed by atoms with E-state index in [-0.39, 0.29) is 49.8 Å². The number of carbonyl (C=O) groups is 3. The van der Waals surface area contributed by atoms with E-state index in [2.05, 4.69) is 34.9 Å². The number of fused-ring (bicyclic) bond motifs is 3. The normalized spacial score (nSPS) is 19.5. The molecule has 33 heavy (non-hydrogen) atoms. The Morgan fingerprint density at radius 2 is 1.61 bits per heavy atom. The van der Waals surface area contributed by atoms with Crippen LogP contribution in [0.4, 0.5) is 4.79 Å². The molecule has 0 radical (unpaired) electrons. The number of carboxylic acid groups (broad SMARTS) is 1. The predicted molar refractivity (Wildman–Crippen MR) is 121 cm³/mol. The summed E-state index contributed by atoms with van der Waals surface area (Å²) in [6, 6.07) is 15.2. The standard InChI is InChI=1S/C25H28N2O6/c28-10-9-22(24(30)31)27-23(29)13-15-11-16(12-15)26-25(32)33-14-21-19-7-3-1-5-17(19)18-6-2-4-8-20(18)21/h1-8,15-16,21-22,28H,9-14H2,(H,26,32)(H,27,29)(H,30,31)/t15?,16?,22-/m1/s1. The van der Waals surface area contributed by atoms with Crippen molar-refractivity contribution in [2.45, 2.75) is 43.7 Å². The fourth-order valence-corrected chi connectivity index (χ4v) is 4.73. The second-order valence-electron chi connectivity index (χ2n) is 8.68. The molecule has 2 aliphatic rings. The summed E-state index contributed by atoms with van der Waals surface area (Å²) in [4.78, 5) is 35.5. The maximum Gasteiger partial charge on any atom is 0.407 e. The number of nitrogens with one attached hydrogen (secondary N) is 2. The van der Waals surface area contributed by atoms with Crippen LogP contribution in [0.25, 0.3) is 11.1 Å². The van der Waals surface area contributed by atoms with Gasteiger partial charge in [-0.1, -0.05) is 48.5 Å². The second kappa shape index (κ2) is 10.0. The van der Waals surface area contributed by atoms with Gasteiger partial charge in [-0.05, 0) is 41.0 Å². The van der Waals surface area contributed by atoms with Gasteiger partial charge in [0.05, 0.1) is 0 Å². The van der Waals surface area contributed by atoms with E-state index in [0.717, 1.165) is 11.1 Å². The highest BCUT2D eigenvalue weighted by molar-refractivity contribution is 5.83. The number of aliphatic carboxylic acids is 1. The highest BCUT2D eigenvalue weighted by atomic mass is 16.5. The lowest BCUT2D eigenvalue weighted by atomic mass is 9.78. The van der Waals surface area contributed by atoms with Crippen molar-refractivity contribution in [2.75, 3.05) is 13.2 Å². The Hall–Kier alpha value is -3.39. The Kier molecular flexibility index (Phi) is 6.93. The zero-order chi connectivity index (χ0) is 23.4. The summed E-state index contributed by atoms with van der Waals surface area (Å²) in [7, 11) is 0. The van der Waals surface area contributed by atoms with E-state index >= 15 is 0 Å². The van der Waals surface area contributed by atoms with Gasteiger partial charge in [-0.2, -0.15) is 0 Å². The average molecular weight is 453 g/mol. The van der Waals surface area contributed by atoms with Gasteiger partial charge < -0.3 is 25.6 Å². The number of alkyl carbamates (subject to hydrolysis) is 1. The number of benzene rings is 2. The molecule has 2 aromatic carbocycles. The molecule has 8 heteroatoms. The first-order valence-corrected chi connectivity index (χ1v) is 11.2. The minimum atomic E-state index is -1.17. The van der Waals surface area contributed by atoms with Crippen LogP contribution in [0.15, 0.2) is 48.5 Å². The van der Waals surface area contributed by atoms with Crippen LogP contribution in [0.1, 0.15) is 42.7 Å². The second-order valence-corrected chi connectivity index (χ2v) is 8.68. The first-order valence-electron chi connectivity index (χ1n) is 11.2. The third kappa shape index (κ3) is 5.17. The van der Waals surface area contributed by atoms with Gasteiger partial charge >= 0.3 is 12.1 Å². The number of rotatable bonds is 9. The third-order valence-electron chi connectivity index (χ3n) is 6.43. The number of amides is 2. The molecule has 0 aliphatic heterocycles. The van der Waals surface area contributed by atoms with Crippen molar-refractivity contribution in [1.82, 2.24) is 10.6 Å². The molecule has 0 aromatic heterocycles. The number of aliphatic hydroxyl groups excluding tert-OH is 1. The molecular formula is C25H28N2O6. The Morgan fingerprint density at radius 1 is 1.00 bits per heavy atom. The number of carboxylic acids is 1. The van der Waals surface area contributed by atoms with Gasteiger partial charge in [-0.25, -0.2) is 9.59 Å². The van der Waals surface area contributed by atoms with Crippen LogP contribution in [0, 0.1) is 5.92 Å². The van der Waals surface area contributed by atoms with Crippen molar-refractivity contribution in [3.05, 3.63) is 59.7 Å². The molecule has 4 N–H and O–H groups in total. The first-order chi connectivity index (χ1) is 16.0. The van der Waals surface area contributed by atoms with Crippen molar-refractivity contribution in [2.24, 2.45) is 5.92 Å². The highest BCUT2D eigenvalue weighted by Gasteiger charge is 2.34. The van der Waals surface area contributed by atoms with E-state index in [0.29, 0.717) is 12.8 Å². The van der Waals surface area contributed by atoms with E-state index in [1.165, 1.54) is 11.1 Å². The largest absolute Gasteiger partial charge is 0.480 e. The lowest BCUT2D eigenvalue weighted by Crippen LogP contribution is -2.47. The van der Waals surface area contributed by atoms with E-state index in [1.807, 2.05) is 24.3 Å². The quantitative estimate of drug-likeness (QED) is 0.464. The molecule has 2 aliphatic carbocycles. The Labute approximate surface area is 192 Å². The van der Waals surface area contributed by atoms with Gasteiger partial charge in [0.2, 0.25) is 5.91 Å². The maximum atomic E-state index is 12.3. The molecule has 0 heterocycles.